The summed E-state index contributed by atoms with van der Waals surface area (Å²) in [6.45, 7) is 0.968. The Hall–Kier alpha value is 1.51. The second kappa shape index (κ2) is 4.34. The summed E-state index contributed by atoms with van der Waals surface area (Å²) in [6.07, 6.45) is 0. The second-order valence-corrected chi connectivity index (χ2v) is 2.83. The van der Waals surface area contributed by atoms with E-state index in [1.807, 2.05) is 0 Å². The third-order valence-electron chi connectivity index (χ3n) is 0.431. The van der Waals surface area contributed by atoms with Crippen LogP contribution in [-0.2, 0) is 10.1 Å². The molecule has 0 saturated carbocycles. The molecular formula is C2H7KO4S. The fourth-order valence-electron chi connectivity index (χ4n) is 0. The van der Waals surface area contributed by atoms with Crippen molar-refractivity contribution in [1.82, 2.24) is 0 Å². The zero-order chi connectivity index (χ0) is 6.08. The number of aliphatic hydroxyl groups is 1. The Kier molecular flexibility index (Phi) is 6.63. The minimum atomic E-state index is -4.19. The topological polar surface area (TPSA) is 74.6 Å². The molecule has 2 N–H and O–H groups in total. The molecule has 1 unspecified atom stereocenters. The first-order valence-electron chi connectivity index (χ1n) is 1.59. The van der Waals surface area contributed by atoms with Crippen LogP contribution in [0.4, 0.5) is 0 Å². The van der Waals surface area contributed by atoms with Crippen LogP contribution in [0.5, 0.6) is 0 Å². The van der Waals surface area contributed by atoms with Gasteiger partial charge in [-0.05, 0) is 6.92 Å². The Balaban J connectivity index is -0.000000180. The van der Waals surface area contributed by atoms with Crippen molar-refractivity contribution in [2.45, 2.75) is 12.4 Å². The van der Waals surface area contributed by atoms with Gasteiger partial charge in [0.2, 0.25) is 0 Å². The fourth-order valence-corrected chi connectivity index (χ4v) is 0. The van der Waals surface area contributed by atoms with Crippen LogP contribution in [0, 0.1) is 0 Å². The van der Waals surface area contributed by atoms with Crippen LogP contribution in [0.15, 0.2) is 0 Å². The molecule has 4 nitrogen and oxygen atoms in total. The Morgan fingerprint density at radius 3 is 1.75 bits per heavy atom. The van der Waals surface area contributed by atoms with Gasteiger partial charge in [0.25, 0.3) is 10.1 Å². The maximum absolute atomic E-state index is 9.64. The molecule has 0 saturated heterocycles. The van der Waals surface area contributed by atoms with Gasteiger partial charge >= 0.3 is 51.4 Å². The van der Waals surface area contributed by atoms with Gasteiger partial charge in [0.1, 0.15) is 0 Å². The van der Waals surface area contributed by atoms with Crippen LogP contribution < -0.4 is 51.4 Å². The predicted molar refractivity (Wildman–Crippen MR) is 24.3 cm³/mol. The number of rotatable bonds is 1. The summed E-state index contributed by atoms with van der Waals surface area (Å²) in [5.41, 5.74) is -1.67. The molecule has 46 valence electrons. The van der Waals surface area contributed by atoms with Crippen molar-refractivity contribution in [3.63, 3.8) is 0 Å². The average molecular weight is 166 g/mol. The van der Waals surface area contributed by atoms with Crippen LogP contribution in [0.1, 0.15) is 8.35 Å². The third kappa shape index (κ3) is 5.64. The first-order valence-corrected chi connectivity index (χ1v) is 3.09. The maximum Gasteiger partial charge on any atom is 1.00 e. The largest absolute Gasteiger partial charge is 1.00 e. The van der Waals surface area contributed by atoms with Gasteiger partial charge in [0.05, 0.1) is 0 Å². The molecule has 0 aliphatic carbocycles. The molecule has 0 amide bonds. The quantitative estimate of drug-likeness (QED) is 0.311. The normalized spacial score (nSPS) is 14.4. The SMILES string of the molecule is CC(O)S(=O)(=O)O.[H-].[K+]. The van der Waals surface area contributed by atoms with Crippen molar-refractivity contribution in [2.24, 2.45) is 0 Å². The first-order chi connectivity index (χ1) is 2.94. The van der Waals surface area contributed by atoms with Crippen LogP contribution in [0.2, 0.25) is 0 Å². The molecule has 0 rings (SSSR count). The number of aliphatic hydroxyl groups excluding tert-OH is 1. The average Bonchev–Trinajstić information content (AvgIpc) is 1.31. The monoisotopic (exact) mass is 166 g/mol. The van der Waals surface area contributed by atoms with Gasteiger partial charge in [0, 0.05) is 0 Å². The van der Waals surface area contributed by atoms with E-state index in [1.54, 1.807) is 0 Å². The summed E-state index contributed by atoms with van der Waals surface area (Å²) in [7, 11) is -4.19. The molecule has 0 fully saturated rings. The first kappa shape index (κ1) is 12.2. The Morgan fingerprint density at radius 1 is 1.62 bits per heavy atom. The van der Waals surface area contributed by atoms with Crippen LogP contribution in [0.3, 0.4) is 0 Å². The van der Waals surface area contributed by atoms with Gasteiger partial charge in [0.15, 0.2) is 5.44 Å². The minimum Gasteiger partial charge on any atom is -1.00 e. The predicted octanol–water partition coefficient (Wildman–Crippen LogP) is -3.67. The van der Waals surface area contributed by atoms with E-state index in [0.29, 0.717) is 0 Å². The van der Waals surface area contributed by atoms with Crippen LogP contribution in [-0.4, -0.2) is 23.5 Å². The van der Waals surface area contributed by atoms with Gasteiger partial charge in [-0.15, -0.1) is 0 Å². The summed E-state index contributed by atoms with van der Waals surface area (Å²) >= 11 is 0. The van der Waals surface area contributed by atoms with E-state index < -0.39 is 15.6 Å². The fraction of sp³-hybridized carbons (Fsp3) is 1.00. The number of hydrogen-bond acceptors (Lipinski definition) is 3. The van der Waals surface area contributed by atoms with Crippen LogP contribution >= 0.6 is 0 Å². The molecule has 6 heteroatoms. The van der Waals surface area contributed by atoms with Crippen molar-refractivity contribution >= 4 is 10.1 Å². The van der Waals surface area contributed by atoms with E-state index in [0.717, 1.165) is 6.92 Å². The van der Waals surface area contributed by atoms with Gasteiger partial charge in [-0.2, -0.15) is 8.42 Å². The Morgan fingerprint density at radius 2 is 1.75 bits per heavy atom. The van der Waals surface area contributed by atoms with E-state index >= 15 is 0 Å². The molecule has 1 atom stereocenters. The maximum atomic E-state index is 9.64. The summed E-state index contributed by atoms with van der Waals surface area (Å²) in [5, 5.41) is 8.05. The molecule has 0 aliphatic heterocycles. The van der Waals surface area contributed by atoms with E-state index in [9.17, 15) is 8.42 Å². The van der Waals surface area contributed by atoms with Crippen LogP contribution in [0.25, 0.3) is 0 Å². The minimum absolute atomic E-state index is 0. The zero-order valence-electron chi connectivity index (χ0n) is 5.70. The summed E-state index contributed by atoms with van der Waals surface area (Å²) in [4.78, 5) is 0. The third-order valence-corrected chi connectivity index (χ3v) is 1.29. The summed E-state index contributed by atoms with van der Waals surface area (Å²) < 4.78 is 27.1. The summed E-state index contributed by atoms with van der Waals surface area (Å²) in [5.74, 6) is 0. The van der Waals surface area contributed by atoms with Gasteiger partial charge < -0.3 is 6.53 Å². The van der Waals surface area contributed by atoms with Crippen molar-refractivity contribution in [3.8, 4) is 0 Å². The van der Waals surface area contributed by atoms with Crippen molar-refractivity contribution in [1.29, 1.82) is 0 Å². The molecule has 0 spiro atoms. The molecule has 0 aliphatic rings. The molecule has 0 aromatic carbocycles. The van der Waals surface area contributed by atoms with Crippen molar-refractivity contribution in [3.05, 3.63) is 0 Å². The van der Waals surface area contributed by atoms with E-state index in [2.05, 4.69) is 0 Å². The molecular weight excluding hydrogens is 159 g/mol. The standard InChI is InChI=1S/C2H6O4S.K.H/c1-2(3)7(4,5)6;;/h2-3H,1H3,(H,4,5,6);;/q;+1;-1. The second-order valence-electron chi connectivity index (χ2n) is 1.11. The number of hydrogen-bond donors (Lipinski definition) is 2. The van der Waals surface area contributed by atoms with Crippen molar-refractivity contribution < 1.29 is 70.9 Å². The summed E-state index contributed by atoms with van der Waals surface area (Å²) in [6, 6.07) is 0. The molecule has 0 radical (unpaired) electrons. The van der Waals surface area contributed by atoms with E-state index in [-0.39, 0.29) is 52.8 Å². The Bertz CT molecular complexity index is 141. The zero-order valence-corrected chi connectivity index (χ0v) is 8.64. The van der Waals surface area contributed by atoms with Gasteiger partial charge in [-0.25, -0.2) is 0 Å². The smallest absolute Gasteiger partial charge is 1.00 e. The molecule has 0 aromatic rings. The molecule has 8 heavy (non-hydrogen) atoms. The molecule has 0 heterocycles. The Labute approximate surface area is 91.9 Å². The van der Waals surface area contributed by atoms with Crippen molar-refractivity contribution in [2.75, 3.05) is 0 Å². The van der Waals surface area contributed by atoms with E-state index in [4.69, 9.17) is 9.66 Å². The van der Waals surface area contributed by atoms with Gasteiger partial charge in [-0.1, -0.05) is 0 Å². The molecule has 0 bridgehead atoms. The van der Waals surface area contributed by atoms with E-state index in [1.165, 1.54) is 0 Å². The van der Waals surface area contributed by atoms with Gasteiger partial charge in [-0.3, -0.25) is 4.55 Å². The molecule has 0 aromatic heterocycles.